The van der Waals surface area contributed by atoms with E-state index in [4.69, 9.17) is 5.26 Å². The molecule has 0 saturated heterocycles. The Labute approximate surface area is 119 Å². The van der Waals surface area contributed by atoms with Crippen LogP contribution in [-0.2, 0) is 0 Å². The molecule has 20 heavy (non-hydrogen) atoms. The molecule has 0 bridgehead atoms. The van der Waals surface area contributed by atoms with Crippen molar-refractivity contribution in [1.29, 1.82) is 5.26 Å². The van der Waals surface area contributed by atoms with Crippen LogP contribution in [0.3, 0.4) is 0 Å². The van der Waals surface area contributed by atoms with Gasteiger partial charge in [-0.2, -0.15) is 5.26 Å². The summed E-state index contributed by atoms with van der Waals surface area (Å²) in [4.78, 5) is 4.50. The summed E-state index contributed by atoms with van der Waals surface area (Å²) in [5.74, 6) is 1.62. The van der Waals surface area contributed by atoms with E-state index in [2.05, 4.69) is 28.6 Å². The molecule has 0 fully saturated rings. The zero-order valence-electron chi connectivity index (χ0n) is 11.8. The van der Waals surface area contributed by atoms with Crippen LogP contribution in [0.4, 0.5) is 17.3 Å². The van der Waals surface area contributed by atoms with Crippen LogP contribution in [0.15, 0.2) is 36.4 Å². The van der Waals surface area contributed by atoms with E-state index >= 15 is 0 Å². The van der Waals surface area contributed by atoms with Gasteiger partial charge in [0.25, 0.3) is 0 Å². The van der Waals surface area contributed by atoms with Crippen molar-refractivity contribution in [2.75, 3.05) is 17.2 Å². The van der Waals surface area contributed by atoms with Crippen LogP contribution in [0, 0.1) is 18.3 Å². The molecule has 2 aromatic rings. The average molecular weight is 266 g/mol. The van der Waals surface area contributed by atoms with Gasteiger partial charge in [0.2, 0.25) is 0 Å². The van der Waals surface area contributed by atoms with Crippen LogP contribution in [0.25, 0.3) is 0 Å². The standard InChI is InChI=1S/C16H18N4/c1-3-9-18-15-5-4-6-16(20-15)19-14-10-13(11-17)8-7-12(14)2/h4-8,10H,3,9H2,1-2H3,(H2,18,19,20). The number of nitriles is 1. The Morgan fingerprint density at radius 2 is 2.00 bits per heavy atom. The van der Waals surface area contributed by atoms with E-state index in [0.29, 0.717) is 5.56 Å². The predicted octanol–water partition coefficient (Wildman–Crippen LogP) is 3.83. The monoisotopic (exact) mass is 266 g/mol. The number of aryl methyl sites for hydroxylation is 1. The van der Waals surface area contributed by atoms with Gasteiger partial charge in [-0.05, 0) is 43.2 Å². The second-order valence-electron chi connectivity index (χ2n) is 4.60. The minimum absolute atomic E-state index is 0.637. The van der Waals surface area contributed by atoms with Crippen LogP contribution in [0.2, 0.25) is 0 Å². The number of rotatable bonds is 5. The summed E-state index contributed by atoms with van der Waals surface area (Å²) in [6, 6.07) is 13.5. The molecule has 1 heterocycles. The van der Waals surface area contributed by atoms with E-state index < -0.39 is 0 Å². The Morgan fingerprint density at radius 3 is 2.75 bits per heavy atom. The number of hydrogen-bond donors (Lipinski definition) is 2. The smallest absolute Gasteiger partial charge is 0.132 e. The first-order chi connectivity index (χ1) is 9.72. The molecule has 4 nitrogen and oxygen atoms in total. The van der Waals surface area contributed by atoms with Crippen molar-refractivity contribution in [3.05, 3.63) is 47.5 Å². The molecule has 0 aliphatic carbocycles. The van der Waals surface area contributed by atoms with Gasteiger partial charge in [-0.1, -0.05) is 19.1 Å². The highest BCUT2D eigenvalue weighted by Gasteiger charge is 2.02. The van der Waals surface area contributed by atoms with Crippen molar-refractivity contribution in [2.45, 2.75) is 20.3 Å². The number of anilines is 3. The van der Waals surface area contributed by atoms with Crippen molar-refractivity contribution >= 4 is 17.3 Å². The molecule has 4 heteroatoms. The highest BCUT2D eigenvalue weighted by Crippen LogP contribution is 2.21. The summed E-state index contributed by atoms with van der Waals surface area (Å²) >= 11 is 0. The quantitative estimate of drug-likeness (QED) is 0.863. The maximum Gasteiger partial charge on any atom is 0.132 e. The number of aromatic nitrogens is 1. The fourth-order valence-corrected chi connectivity index (χ4v) is 1.82. The third kappa shape index (κ3) is 3.48. The van der Waals surface area contributed by atoms with Crippen LogP contribution < -0.4 is 10.6 Å². The van der Waals surface area contributed by atoms with E-state index in [0.717, 1.165) is 35.9 Å². The molecule has 0 aliphatic rings. The summed E-state index contributed by atoms with van der Waals surface area (Å²) < 4.78 is 0. The number of nitrogens with zero attached hydrogens (tertiary/aromatic N) is 2. The first kappa shape index (κ1) is 13.9. The van der Waals surface area contributed by atoms with Crippen molar-refractivity contribution in [2.24, 2.45) is 0 Å². The fraction of sp³-hybridized carbons (Fsp3) is 0.250. The maximum absolute atomic E-state index is 8.96. The van der Waals surface area contributed by atoms with Crippen LogP contribution in [0.5, 0.6) is 0 Å². The topological polar surface area (TPSA) is 60.7 Å². The van der Waals surface area contributed by atoms with E-state index in [9.17, 15) is 0 Å². The van der Waals surface area contributed by atoms with Crippen molar-refractivity contribution in [1.82, 2.24) is 4.98 Å². The molecule has 102 valence electrons. The zero-order valence-corrected chi connectivity index (χ0v) is 11.8. The summed E-state index contributed by atoms with van der Waals surface area (Å²) in [7, 11) is 0. The van der Waals surface area contributed by atoms with Gasteiger partial charge in [0.15, 0.2) is 0 Å². The Kier molecular flexibility index (Phi) is 4.56. The highest BCUT2D eigenvalue weighted by molar-refractivity contribution is 5.63. The van der Waals surface area contributed by atoms with Gasteiger partial charge in [0, 0.05) is 12.2 Å². The molecule has 0 spiro atoms. The lowest BCUT2D eigenvalue weighted by Gasteiger charge is -2.11. The van der Waals surface area contributed by atoms with Crippen molar-refractivity contribution in [3.8, 4) is 6.07 Å². The first-order valence-electron chi connectivity index (χ1n) is 6.71. The lowest BCUT2D eigenvalue weighted by Crippen LogP contribution is -2.03. The van der Waals surface area contributed by atoms with Gasteiger partial charge in [0.05, 0.1) is 11.6 Å². The minimum atomic E-state index is 0.637. The molecule has 0 atom stereocenters. The lowest BCUT2D eigenvalue weighted by atomic mass is 10.1. The molecule has 0 amide bonds. The fourth-order valence-electron chi connectivity index (χ4n) is 1.82. The molecule has 2 rings (SSSR count). The maximum atomic E-state index is 8.96. The summed E-state index contributed by atoms with van der Waals surface area (Å²) in [5, 5.41) is 15.5. The van der Waals surface area contributed by atoms with Gasteiger partial charge >= 0.3 is 0 Å². The SMILES string of the molecule is CCCNc1cccc(Nc2cc(C#N)ccc2C)n1. The molecule has 2 N–H and O–H groups in total. The molecular formula is C16H18N4. The first-order valence-corrected chi connectivity index (χ1v) is 6.71. The average Bonchev–Trinajstić information content (AvgIpc) is 2.48. The molecule has 1 aromatic carbocycles. The largest absolute Gasteiger partial charge is 0.370 e. The van der Waals surface area contributed by atoms with Gasteiger partial charge in [0.1, 0.15) is 11.6 Å². The Bertz CT molecular complexity index is 629. The van der Waals surface area contributed by atoms with Gasteiger partial charge in [-0.15, -0.1) is 0 Å². The molecule has 1 aromatic heterocycles. The normalized spacial score (nSPS) is 9.85. The third-order valence-electron chi connectivity index (χ3n) is 2.93. The van der Waals surface area contributed by atoms with Crippen molar-refractivity contribution in [3.63, 3.8) is 0 Å². The number of pyridine rings is 1. The predicted molar refractivity (Wildman–Crippen MR) is 82.2 cm³/mol. The Hall–Kier alpha value is -2.54. The van der Waals surface area contributed by atoms with Gasteiger partial charge in [-0.25, -0.2) is 4.98 Å². The number of hydrogen-bond acceptors (Lipinski definition) is 4. The number of benzene rings is 1. The second-order valence-corrected chi connectivity index (χ2v) is 4.60. The highest BCUT2D eigenvalue weighted by atomic mass is 15.1. The molecular weight excluding hydrogens is 248 g/mol. The van der Waals surface area contributed by atoms with Crippen molar-refractivity contribution < 1.29 is 0 Å². The Morgan fingerprint density at radius 1 is 1.20 bits per heavy atom. The van der Waals surface area contributed by atoms with Gasteiger partial charge in [-0.3, -0.25) is 0 Å². The van der Waals surface area contributed by atoms with E-state index in [1.165, 1.54) is 0 Å². The van der Waals surface area contributed by atoms with E-state index in [-0.39, 0.29) is 0 Å². The Balaban J connectivity index is 2.19. The van der Waals surface area contributed by atoms with E-state index in [1.54, 1.807) is 0 Å². The minimum Gasteiger partial charge on any atom is -0.370 e. The molecule has 0 saturated carbocycles. The second kappa shape index (κ2) is 6.58. The van der Waals surface area contributed by atoms with Crippen LogP contribution in [-0.4, -0.2) is 11.5 Å². The molecule has 0 unspecified atom stereocenters. The lowest BCUT2D eigenvalue weighted by molar-refractivity contribution is 0.970. The van der Waals surface area contributed by atoms with E-state index in [1.807, 2.05) is 43.3 Å². The molecule has 0 radical (unpaired) electrons. The van der Waals surface area contributed by atoms with Crippen LogP contribution in [0.1, 0.15) is 24.5 Å². The molecule has 0 aliphatic heterocycles. The van der Waals surface area contributed by atoms with Gasteiger partial charge < -0.3 is 10.6 Å². The number of nitrogens with one attached hydrogen (secondary N) is 2. The zero-order chi connectivity index (χ0) is 14.4. The van der Waals surface area contributed by atoms with Crippen LogP contribution >= 0.6 is 0 Å². The summed E-state index contributed by atoms with van der Waals surface area (Å²) in [5.41, 5.74) is 2.63. The summed E-state index contributed by atoms with van der Waals surface area (Å²) in [6.45, 7) is 5.02. The summed E-state index contributed by atoms with van der Waals surface area (Å²) in [6.07, 6.45) is 1.06. The third-order valence-corrected chi connectivity index (χ3v) is 2.93.